The summed E-state index contributed by atoms with van der Waals surface area (Å²) in [7, 11) is 2.81. The Morgan fingerprint density at radius 2 is 2.03 bits per heavy atom. The van der Waals surface area contributed by atoms with Crippen molar-refractivity contribution in [3.05, 3.63) is 35.1 Å². The predicted octanol–water partition coefficient (Wildman–Crippen LogP) is 5.36. The summed E-state index contributed by atoms with van der Waals surface area (Å²) < 4.78 is 44.2. The molecule has 7 nitrogen and oxygen atoms in total. The zero-order chi connectivity index (χ0) is 24.0. The topological polar surface area (TPSA) is 77.1 Å². The van der Waals surface area contributed by atoms with Crippen LogP contribution in [-0.4, -0.2) is 58.0 Å². The monoisotopic (exact) mass is 452 g/mol. The van der Waals surface area contributed by atoms with Crippen LogP contribution in [-0.2, 0) is 14.2 Å². The highest BCUT2D eigenvalue weighted by molar-refractivity contribution is 5.89. The highest BCUT2D eigenvalue weighted by Crippen LogP contribution is 2.28. The number of allylic oxidation sites excluding steroid dienone is 4. The molecule has 0 radical (unpaired) electrons. The average Bonchev–Trinajstić information content (AvgIpc) is 3.00. The molecule has 0 aromatic rings. The second kappa shape index (κ2) is 14.4. The van der Waals surface area contributed by atoms with Gasteiger partial charge in [-0.25, -0.2) is 9.98 Å². The van der Waals surface area contributed by atoms with E-state index < -0.39 is 12.5 Å². The lowest BCUT2D eigenvalue weighted by Crippen LogP contribution is -2.24. The molecular weight excluding hydrogens is 418 g/mol. The summed E-state index contributed by atoms with van der Waals surface area (Å²) in [6.07, 6.45) is 8.85. The van der Waals surface area contributed by atoms with Crippen LogP contribution in [0.5, 0.6) is 0 Å². The van der Waals surface area contributed by atoms with Crippen LogP contribution in [0.1, 0.15) is 47.0 Å². The van der Waals surface area contributed by atoms with Gasteiger partial charge in [0, 0.05) is 26.3 Å². The molecule has 1 aliphatic heterocycles. The minimum atomic E-state index is -3.18. The van der Waals surface area contributed by atoms with Gasteiger partial charge in [0.2, 0.25) is 5.88 Å². The molecule has 0 bridgehead atoms. The quantitative estimate of drug-likeness (QED) is 0.227. The number of hydrogen-bond acceptors (Lipinski definition) is 6. The number of methoxy groups -OCH3 is 2. The molecule has 0 aliphatic carbocycles. The molecule has 0 aromatic carbocycles. The van der Waals surface area contributed by atoms with Crippen molar-refractivity contribution in [1.29, 1.82) is 0 Å². The lowest BCUT2D eigenvalue weighted by molar-refractivity contribution is -0.0338. The molecule has 0 amide bonds. The van der Waals surface area contributed by atoms with E-state index in [1.165, 1.54) is 25.7 Å². The van der Waals surface area contributed by atoms with Crippen molar-refractivity contribution >= 4 is 24.7 Å². The molecule has 0 N–H and O–H groups in total. The highest BCUT2D eigenvalue weighted by atomic mass is 19.3. The van der Waals surface area contributed by atoms with Crippen LogP contribution < -0.4 is 0 Å². The van der Waals surface area contributed by atoms with Crippen LogP contribution >= 0.6 is 0 Å². The Morgan fingerprint density at radius 3 is 2.62 bits per heavy atom. The van der Waals surface area contributed by atoms with Crippen LogP contribution in [0.4, 0.5) is 8.78 Å². The molecule has 1 rings (SSSR count). The average molecular weight is 453 g/mol. The van der Waals surface area contributed by atoms with Gasteiger partial charge in [0.25, 0.3) is 0 Å². The fourth-order valence-corrected chi connectivity index (χ4v) is 3.02. The second-order valence-corrected chi connectivity index (χ2v) is 6.95. The van der Waals surface area contributed by atoms with Crippen molar-refractivity contribution in [2.24, 2.45) is 25.9 Å². The van der Waals surface area contributed by atoms with Gasteiger partial charge in [-0.15, -0.1) is 0 Å². The van der Waals surface area contributed by atoms with Crippen molar-refractivity contribution < 1.29 is 23.0 Å². The summed E-state index contributed by atoms with van der Waals surface area (Å²) in [6, 6.07) is 0. The zero-order valence-electron chi connectivity index (χ0n) is 19.8. The maximum atomic E-state index is 14.1. The Balaban J connectivity index is 3.08. The van der Waals surface area contributed by atoms with Crippen molar-refractivity contribution in [2.45, 2.75) is 52.9 Å². The molecule has 32 heavy (non-hydrogen) atoms. The fraction of sp³-hybridized carbons (Fsp3) is 0.565. The van der Waals surface area contributed by atoms with Crippen molar-refractivity contribution in [3.8, 4) is 0 Å². The molecule has 0 aromatic heterocycles. The first-order chi connectivity index (χ1) is 15.3. The third kappa shape index (κ3) is 8.82. The Bertz CT molecular complexity index is 812. The van der Waals surface area contributed by atoms with Crippen LogP contribution in [0.3, 0.4) is 0 Å². The SMILES string of the molecule is CC=N/C(OC)=C(\CC)C(C)CC(=NC=NCC)OC1=CCC=C(C(F)(F)COC)N=C1. The van der Waals surface area contributed by atoms with Gasteiger partial charge in [-0.1, -0.05) is 19.9 Å². The van der Waals surface area contributed by atoms with Crippen molar-refractivity contribution in [2.75, 3.05) is 27.4 Å². The summed E-state index contributed by atoms with van der Waals surface area (Å²) in [5, 5.41) is 0. The minimum absolute atomic E-state index is 0.00969. The molecule has 1 unspecified atom stereocenters. The summed E-state index contributed by atoms with van der Waals surface area (Å²) in [5.41, 5.74) is 0.660. The summed E-state index contributed by atoms with van der Waals surface area (Å²) in [6.45, 7) is 7.62. The Labute approximate surface area is 189 Å². The van der Waals surface area contributed by atoms with E-state index in [1.54, 1.807) is 19.4 Å². The van der Waals surface area contributed by atoms with Crippen LogP contribution in [0.25, 0.3) is 0 Å². The number of ether oxygens (including phenoxy) is 3. The van der Waals surface area contributed by atoms with E-state index >= 15 is 0 Å². The van der Waals surface area contributed by atoms with E-state index in [-0.39, 0.29) is 18.0 Å². The minimum Gasteiger partial charge on any atom is -0.481 e. The maximum absolute atomic E-state index is 14.1. The summed E-state index contributed by atoms with van der Waals surface area (Å²) in [4.78, 5) is 16.7. The van der Waals surface area contributed by atoms with Gasteiger partial charge >= 0.3 is 5.92 Å². The number of hydrogen-bond donors (Lipinski definition) is 0. The molecule has 1 aliphatic rings. The molecule has 178 valence electrons. The van der Waals surface area contributed by atoms with E-state index in [1.807, 2.05) is 27.7 Å². The largest absolute Gasteiger partial charge is 0.481 e. The van der Waals surface area contributed by atoms with Crippen LogP contribution in [0.15, 0.2) is 55.0 Å². The van der Waals surface area contributed by atoms with Crippen molar-refractivity contribution in [3.63, 3.8) is 0 Å². The summed E-state index contributed by atoms with van der Waals surface area (Å²) in [5.74, 6) is -1.88. The number of rotatable bonds is 12. The Hall–Kier alpha value is -2.68. The Kier molecular flexibility index (Phi) is 12.3. The standard InChI is InChI=1S/C23H34F2N4O3/c1-7-19(22(31-6)27-9-3)17(4)13-21(29-16-26-8-2)32-18-11-10-12-20(28-14-18)23(24,25)15-30-5/h9,11-12,14,16-17H,7-8,10,13,15H2,1-6H3/b22-19-,26-16?,27-9?,29-21?. The van der Waals surface area contributed by atoms with Gasteiger partial charge in [-0.3, -0.25) is 9.98 Å². The third-order valence-corrected chi connectivity index (χ3v) is 4.53. The third-order valence-electron chi connectivity index (χ3n) is 4.53. The van der Waals surface area contributed by atoms with Gasteiger partial charge in [-0.05, 0) is 44.3 Å². The zero-order valence-corrected chi connectivity index (χ0v) is 19.8. The summed E-state index contributed by atoms with van der Waals surface area (Å²) >= 11 is 0. The smallest absolute Gasteiger partial charge is 0.312 e. The highest BCUT2D eigenvalue weighted by Gasteiger charge is 2.34. The molecule has 1 heterocycles. The van der Waals surface area contributed by atoms with Gasteiger partial charge in [-0.2, -0.15) is 8.78 Å². The second-order valence-electron chi connectivity index (χ2n) is 6.95. The molecule has 1 atom stereocenters. The molecule has 0 saturated carbocycles. The van der Waals surface area contributed by atoms with Crippen LogP contribution in [0, 0.1) is 5.92 Å². The Morgan fingerprint density at radius 1 is 1.28 bits per heavy atom. The number of halogens is 2. The molecular formula is C23H34F2N4O3. The first kappa shape index (κ1) is 27.4. The lowest BCUT2D eigenvalue weighted by Gasteiger charge is -2.18. The molecule has 0 saturated heterocycles. The predicted molar refractivity (Wildman–Crippen MR) is 126 cm³/mol. The first-order valence-corrected chi connectivity index (χ1v) is 10.6. The van der Waals surface area contributed by atoms with E-state index in [9.17, 15) is 8.78 Å². The van der Waals surface area contributed by atoms with E-state index in [2.05, 4.69) is 24.7 Å². The van der Waals surface area contributed by atoms with Crippen molar-refractivity contribution in [1.82, 2.24) is 0 Å². The van der Waals surface area contributed by atoms with Gasteiger partial charge < -0.3 is 14.2 Å². The van der Waals surface area contributed by atoms with E-state index in [0.717, 1.165) is 12.0 Å². The molecule has 0 fully saturated rings. The molecule has 9 heteroatoms. The van der Waals surface area contributed by atoms with Crippen LogP contribution in [0.2, 0.25) is 0 Å². The normalized spacial score (nSPS) is 17.2. The number of aliphatic imine (C=N–C) groups is 4. The lowest BCUT2D eigenvalue weighted by atomic mass is 9.95. The first-order valence-electron chi connectivity index (χ1n) is 10.6. The van der Waals surface area contributed by atoms with Gasteiger partial charge in [0.1, 0.15) is 24.4 Å². The maximum Gasteiger partial charge on any atom is 0.312 e. The number of alkyl halides is 2. The van der Waals surface area contributed by atoms with E-state index in [0.29, 0.717) is 30.5 Å². The van der Waals surface area contributed by atoms with Gasteiger partial charge in [0.15, 0.2) is 5.90 Å². The fourth-order valence-electron chi connectivity index (χ4n) is 3.02. The molecule has 0 spiro atoms. The number of nitrogens with zero attached hydrogens (tertiary/aromatic N) is 4. The van der Waals surface area contributed by atoms with E-state index in [4.69, 9.17) is 9.47 Å². The van der Waals surface area contributed by atoms with Gasteiger partial charge in [0.05, 0.1) is 13.3 Å².